The Kier molecular flexibility index (Phi) is 9.81. The lowest BCUT2D eigenvalue weighted by Gasteiger charge is -2.26. The van der Waals surface area contributed by atoms with Crippen LogP contribution in [-0.2, 0) is 25.5 Å². The standard InChI is InChI=1S/C22H35N3O6/c1-15(2)21(28)30-14-31-22(29)23-10-4-5-17(20(26)27)11-18-12-25(13-24-18)19-8-6-16(3)7-9-19/h12-13,15-17,19H,4-11,14H2,1-3H3,(H,23,29)(H,26,27)/t16-,17-,19-/m0/s1. The molecular formula is C22H35N3O6. The highest BCUT2D eigenvalue weighted by atomic mass is 16.7. The number of imidazole rings is 1. The fraction of sp³-hybridized carbons (Fsp3) is 0.727. The first-order valence-corrected chi connectivity index (χ1v) is 11.1. The molecule has 31 heavy (non-hydrogen) atoms. The van der Waals surface area contributed by atoms with E-state index < -0.39 is 30.7 Å². The third-order valence-corrected chi connectivity index (χ3v) is 5.73. The number of hydrogen-bond donors (Lipinski definition) is 2. The monoisotopic (exact) mass is 437 g/mol. The van der Waals surface area contributed by atoms with Crippen LogP contribution in [-0.4, -0.2) is 46.0 Å². The van der Waals surface area contributed by atoms with Gasteiger partial charge < -0.3 is 24.5 Å². The summed E-state index contributed by atoms with van der Waals surface area (Å²) in [5, 5.41) is 12.1. The third kappa shape index (κ3) is 8.59. The molecule has 2 rings (SSSR count). The molecule has 0 radical (unpaired) electrons. The molecule has 0 aliphatic heterocycles. The summed E-state index contributed by atoms with van der Waals surface area (Å²) in [7, 11) is 0. The Morgan fingerprint density at radius 1 is 1.23 bits per heavy atom. The summed E-state index contributed by atoms with van der Waals surface area (Å²) >= 11 is 0. The summed E-state index contributed by atoms with van der Waals surface area (Å²) in [6, 6.07) is 0.454. The Morgan fingerprint density at radius 3 is 2.58 bits per heavy atom. The number of carboxylic acid groups (broad SMARTS) is 1. The fourth-order valence-corrected chi connectivity index (χ4v) is 3.69. The summed E-state index contributed by atoms with van der Waals surface area (Å²) in [6.07, 6.45) is 9.05. The Labute approximate surface area is 183 Å². The first-order valence-electron chi connectivity index (χ1n) is 11.1. The van der Waals surface area contributed by atoms with Crippen LogP contribution in [0.1, 0.15) is 71.0 Å². The molecule has 1 atom stereocenters. The predicted octanol–water partition coefficient (Wildman–Crippen LogP) is 3.54. The fourth-order valence-electron chi connectivity index (χ4n) is 3.69. The SMILES string of the molecule is CC(C)C(=O)OCOC(=O)NCCC[C@@H](Cc1cn([C@H]2CC[C@H](C)CC2)cn1)C(=O)O. The minimum atomic E-state index is -0.871. The molecule has 2 N–H and O–H groups in total. The maximum Gasteiger partial charge on any atom is 0.410 e. The number of nitrogens with zero attached hydrogens (tertiary/aromatic N) is 2. The number of esters is 1. The van der Waals surface area contributed by atoms with Crippen LogP contribution < -0.4 is 5.32 Å². The van der Waals surface area contributed by atoms with Gasteiger partial charge in [0.1, 0.15) is 0 Å². The first-order chi connectivity index (χ1) is 14.8. The number of carbonyl (C=O) groups excluding carboxylic acids is 2. The van der Waals surface area contributed by atoms with Crippen molar-refractivity contribution in [2.75, 3.05) is 13.3 Å². The number of hydrogen-bond acceptors (Lipinski definition) is 6. The van der Waals surface area contributed by atoms with Gasteiger partial charge in [-0.3, -0.25) is 9.59 Å². The van der Waals surface area contributed by atoms with Gasteiger partial charge in [0.15, 0.2) is 0 Å². The molecule has 174 valence electrons. The third-order valence-electron chi connectivity index (χ3n) is 5.73. The lowest BCUT2D eigenvalue weighted by atomic mass is 9.87. The number of carbonyl (C=O) groups is 3. The van der Waals surface area contributed by atoms with Gasteiger partial charge in [-0.25, -0.2) is 9.78 Å². The van der Waals surface area contributed by atoms with Crippen LogP contribution in [0.2, 0.25) is 0 Å². The quantitative estimate of drug-likeness (QED) is 0.309. The van der Waals surface area contributed by atoms with E-state index >= 15 is 0 Å². The number of alkyl carbamates (subject to hydrolysis) is 1. The minimum absolute atomic E-state index is 0.273. The van der Waals surface area contributed by atoms with Crippen molar-refractivity contribution < 1.29 is 29.0 Å². The van der Waals surface area contributed by atoms with E-state index in [1.807, 2.05) is 12.5 Å². The highest BCUT2D eigenvalue weighted by Crippen LogP contribution is 2.31. The molecule has 1 aliphatic carbocycles. The summed E-state index contributed by atoms with van der Waals surface area (Å²) in [4.78, 5) is 38.9. The van der Waals surface area contributed by atoms with E-state index in [2.05, 4.69) is 21.8 Å². The minimum Gasteiger partial charge on any atom is -0.481 e. The highest BCUT2D eigenvalue weighted by Gasteiger charge is 2.22. The van der Waals surface area contributed by atoms with Gasteiger partial charge in [0.05, 0.1) is 23.9 Å². The van der Waals surface area contributed by atoms with Crippen molar-refractivity contribution >= 4 is 18.0 Å². The van der Waals surface area contributed by atoms with E-state index in [9.17, 15) is 19.5 Å². The molecule has 9 nitrogen and oxygen atoms in total. The van der Waals surface area contributed by atoms with E-state index in [1.54, 1.807) is 13.8 Å². The average molecular weight is 438 g/mol. The van der Waals surface area contributed by atoms with Crippen molar-refractivity contribution in [3.8, 4) is 0 Å². The van der Waals surface area contributed by atoms with Crippen LogP contribution in [0.3, 0.4) is 0 Å². The summed E-state index contributed by atoms with van der Waals surface area (Å²) in [5.41, 5.74) is 0.783. The van der Waals surface area contributed by atoms with E-state index in [4.69, 9.17) is 9.47 Å². The van der Waals surface area contributed by atoms with Crippen LogP contribution in [0, 0.1) is 17.8 Å². The van der Waals surface area contributed by atoms with Crippen LogP contribution in [0.15, 0.2) is 12.5 Å². The van der Waals surface area contributed by atoms with E-state index in [-0.39, 0.29) is 12.5 Å². The Morgan fingerprint density at radius 2 is 1.94 bits per heavy atom. The Hall–Kier alpha value is -2.58. The van der Waals surface area contributed by atoms with Crippen molar-refractivity contribution in [3.63, 3.8) is 0 Å². The molecule has 1 heterocycles. The Balaban J connectivity index is 1.69. The molecule has 0 unspecified atom stereocenters. The van der Waals surface area contributed by atoms with Crippen molar-refractivity contribution in [3.05, 3.63) is 18.2 Å². The van der Waals surface area contributed by atoms with Gasteiger partial charge in [0.25, 0.3) is 0 Å². The van der Waals surface area contributed by atoms with E-state index in [1.165, 1.54) is 12.8 Å². The maximum absolute atomic E-state index is 11.6. The lowest BCUT2D eigenvalue weighted by Crippen LogP contribution is -2.28. The number of aromatic nitrogens is 2. The molecule has 0 bridgehead atoms. The number of aliphatic carboxylic acids is 1. The van der Waals surface area contributed by atoms with Crippen molar-refractivity contribution in [1.82, 2.24) is 14.9 Å². The normalized spacial score (nSPS) is 19.6. The first kappa shape index (κ1) is 24.7. The topological polar surface area (TPSA) is 120 Å². The van der Waals surface area contributed by atoms with Crippen LogP contribution in [0.25, 0.3) is 0 Å². The van der Waals surface area contributed by atoms with Crippen LogP contribution >= 0.6 is 0 Å². The zero-order chi connectivity index (χ0) is 22.8. The molecular weight excluding hydrogens is 402 g/mol. The summed E-state index contributed by atoms with van der Waals surface area (Å²) in [6.45, 7) is 5.48. The van der Waals surface area contributed by atoms with Crippen LogP contribution in [0.5, 0.6) is 0 Å². The molecule has 1 aromatic heterocycles. The van der Waals surface area contributed by atoms with E-state index in [0.717, 1.165) is 24.5 Å². The molecule has 1 amide bonds. The molecule has 9 heteroatoms. The highest BCUT2D eigenvalue weighted by molar-refractivity contribution is 5.72. The molecule has 1 saturated carbocycles. The van der Waals surface area contributed by atoms with Gasteiger partial charge in [0.2, 0.25) is 6.79 Å². The number of carboxylic acids is 1. The summed E-state index contributed by atoms with van der Waals surface area (Å²) in [5.74, 6) is -1.41. The second-order valence-electron chi connectivity index (χ2n) is 8.70. The number of amides is 1. The average Bonchev–Trinajstić information content (AvgIpc) is 3.19. The smallest absolute Gasteiger partial charge is 0.410 e. The second kappa shape index (κ2) is 12.3. The lowest BCUT2D eigenvalue weighted by molar-refractivity contribution is -0.155. The second-order valence-corrected chi connectivity index (χ2v) is 8.70. The van der Waals surface area contributed by atoms with Gasteiger partial charge in [-0.05, 0) is 44.4 Å². The van der Waals surface area contributed by atoms with E-state index in [0.29, 0.717) is 25.3 Å². The number of nitrogens with one attached hydrogen (secondary N) is 1. The zero-order valence-electron chi connectivity index (χ0n) is 18.7. The zero-order valence-corrected chi connectivity index (χ0v) is 18.7. The number of rotatable bonds is 11. The molecule has 0 saturated heterocycles. The molecule has 1 fully saturated rings. The van der Waals surface area contributed by atoms with Crippen molar-refractivity contribution in [1.29, 1.82) is 0 Å². The molecule has 0 aromatic carbocycles. The van der Waals surface area contributed by atoms with Crippen molar-refractivity contribution in [2.45, 2.75) is 71.8 Å². The molecule has 0 spiro atoms. The Bertz CT molecular complexity index is 725. The van der Waals surface area contributed by atoms with Crippen LogP contribution in [0.4, 0.5) is 4.79 Å². The van der Waals surface area contributed by atoms with Gasteiger partial charge in [-0.2, -0.15) is 0 Å². The van der Waals surface area contributed by atoms with Gasteiger partial charge in [-0.1, -0.05) is 20.8 Å². The van der Waals surface area contributed by atoms with Gasteiger partial charge in [-0.15, -0.1) is 0 Å². The number of ether oxygens (including phenoxy) is 2. The van der Waals surface area contributed by atoms with Gasteiger partial charge in [0, 0.05) is 25.2 Å². The maximum atomic E-state index is 11.6. The summed E-state index contributed by atoms with van der Waals surface area (Å²) < 4.78 is 11.6. The molecule has 1 aliphatic rings. The van der Waals surface area contributed by atoms with Crippen molar-refractivity contribution in [2.24, 2.45) is 17.8 Å². The predicted molar refractivity (Wildman–Crippen MR) is 113 cm³/mol. The molecule has 1 aromatic rings. The largest absolute Gasteiger partial charge is 0.481 e. The van der Waals surface area contributed by atoms with Gasteiger partial charge >= 0.3 is 18.0 Å².